The lowest BCUT2D eigenvalue weighted by molar-refractivity contribution is 0.581. The molecule has 2 aromatic rings. The summed E-state index contributed by atoms with van der Waals surface area (Å²) in [5.74, 6) is 0. The van der Waals surface area contributed by atoms with Gasteiger partial charge in [0.1, 0.15) is 0 Å². The lowest BCUT2D eigenvalue weighted by Crippen LogP contribution is -2.23. The van der Waals surface area contributed by atoms with Crippen LogP contribution in [0.4, 0.5) is 5.69 Å². The number of nitrogen functional groups attached to an aromatic ring is 1. The molecule has 0 amide bonds. The zero-order valence-electron chi connectivity index (χ0n) is 10.9. The summed E-state index contributed by atoms with van der Waals surface area (Å²) >= 11 is 5.84. The van der Waals surface area contributed by atoms with Crippen molar-refractivity contribution in [2.45, 2.75) is 18.4 Å². The second kappa shape index (κ2) is 5.83. The number of aryl methyl sites for hydroxylation is 1. The maximum atomic E-state index is 12.1. The van der Waals surface area contributed by atoms with E-state index < -0.39 is 10.0 Å². The molecule has 20 heavy (non-hydrogen) atoms. The molecule has 0 aliphatic carbocycles. The van der Waals surface area contributed by atoms with E-state index in [-0.39, 0.29) is 16.5 Å². The molecular formula is C14H15ClN2O2S. The summed E-state index contributed by atoms with van der Waals surface area (Å²) in [5, 5.41) is 0.225. The molecule has 106 valence electrons. The van der Waals surface area contributed by atoms with E-state index in [0.29, 0.717) is 5.69 Å². The smallest absolute Gasteiger partial charge is 0.240 e. The van der Waals surface area contributed by atoms with Gasteiger partial charge in [0, 0.05) is 6.54 Å². The Labute approximate surface area is 123 Å². The molecule has 2 rings (SSSR count). The number of hydrogen-bond acceptors (Lipinski definition) is 3. The molecule has 0 saturated heterocycles. The maximum absolute atomic E-state index is 12.1. The van der Waals surface area contributed by atoms with Crippen molar-refractivity contribution < 1.29 is 8.42 Å². The van der Waals surface area contributed by atoms with Crippen molar-refractivity contribution in [1.29, 1.82) is 0 Å². The number of rotatable bonds is 4. The van der Waals surface area contributed by atoms with Gasteiger partial charge in [-0.25, -0.2) is 13.1 Å². The molecular weight excluding hydrogens is 296 g/mol. The summed E-state index contributed by atoms with van der Waals surface area (Å²) in [6.45, 7) is 2.20. The topological polar surface area (TPSA) is 72.2 Å². The van der Waals surface area contributed by atoms with Crippen LogP contribution in [0.1, 0.15) is 11.1 Å². The molecule has 0 aliphatic heterocycles. The van der Waals surface area contributed by atoms with E-state index in [1.165, 1.54) is 18.2 Å². The Morgan fingerprint density at radius 2 is 1.80 bits per heavy atom. The van der Waals surface area contributed by atoms with Crippen molar-refractivity contribution >= 4 is 27.3 Å². The standard InChI is InChI=1S/C14H15ClN2O2S/c1-10-2-4-11(5-3-10)9-17-20(18,19)12-6-7-14(16)13(15)8-12/h2-8,17H,9,16H2,1H3. The van der Waals surface area contributed by atoms with E-state index in [0.717, 1.165) is 11.1 Å². The Bertz CT molecular complexity index is 712. The van der Waals surface area contributed by atoms with E-state index in [2.05, 4.69) is 4.72 Å². The molecule has 0 aromatic heterocycles. The van der Waals surface area contributed by atoms with Gasteiger partial charge in [-0.05, 0) is 30.7 Å². The fourth-order valence-electron chi connectivity index (χ4n) is 1.64. The summed E-state index contributed by atoms with van der Waals surface area (Å²) in [4.78, 5) is 0.101. The van der Waals surface area contributed by atoms with Gasteiger partial charge in [0.25, 0.3) is 0 Å². The van der Waals surface area contributed by atoms with Gasteiger partial charge in [0.05, 0.1) is 15.6 Å². The first-order chi connectivity index (χ1) is 9.38. The van der Waals surface area contributed by atoms with Crippen molar-refractivity contribution in [3.63, 3.8) is 0 Å². The highest BCUT2D eigenvalue weighted by atomic mass is 35.5. The zero-order valence-corrected chi connectivity index (χ0v) is 12.5. The van der Waals surface area contributed by atoms with Crippen LogP contribution in [0.5, 0.6) is 0 Å². The van der Waals surface area contributed by atoms with Crippen molar-refractivity contribution in [3.8, 4) is 0 Å². The van der Waals surface area contributed by atoms with Crippen LogP contribution in [-0.4, -0.2) is 8.42 Å². The Morgan fingerprint density at radius 1 is 1.15 bits per heavy atom. The van der Waals surface area contributed by atoms with Crippen LogP contribution in [0.15, 0.2) is 47.4 Å². The summed E-state index contributed by atoms with van der Waals surface area (Å²) in [5.41, 5.74) is 7.93. The zero-order chi connectivity index (χ0) is 14.8. The van der Waals surface area contributed by atoms with Crippen molar-refractivity contribution in [1.82, 2.24) is 4.72 Å². The average Bonchev–Trinajstić information content (AvgIpc) is 2.41. The molecule has 0 unspecified atom stereocenters. The Morgan fingerprint density at radius 3 is 2.40 bits per heavy atom. The van der Waals surface area contributed by atoms with Crippen LogP contribution >= 0.6 is 11.6 Å². The quantitative estimate of drug-likeness (QED) is 0.853. The molecule has 0 aliphatic rings. The predicted molar refractivity (Wildman–Crippen MR) is 81.1 cm³/mol. The predicted octanol–water partition coefficient (Wildman–Crippen LogP) is 2.71. The second-order valence-electron chi connectivity index (χ2n) is 4.49. The minimum Gasteiger partial charge on any atom is -0.398 e. The number of halogens is 1. The first kappa shape index (κ1) is 14.8. The molecule has 3 N–H and O–H groups in total. The van der Waals surface area contributed by atoms with Gasteiger partial charge in [-0.3, -0.25) is 0 Å². The van der Waals surface area contributed by atoms with Crippen LogP contribution < -0.4 is 10.5 Å². The maximum Gasteiger partial charge on any atom is 0.240 e. The van der Waals surface area contributed by atoms with Gasteiger partial charge >= 0.3 is 0 Å². The van der Waals surface area contributed by atoms with Crippen molar-refractivity contribution in [2.24, 2.45) is 0 Å². The highest BCUT2D eigenvalue weighted by Gasteiger charge is 2.14. The first-order valence-corrected chi connectivity index (χ1v) is 7.85. The molecule has 0 fully saturated rings. The largest absolute Gasteiger partial charge is 0.398 e. The fraction of sp³-hybridized carbons (Fsp3) is 0.143. The molecule has 0 heterocycles. The summed E-state index contributed by atoms with van der Waals surface area (Å²) in [7, 11) is -3.60. The molecule has 6 heteroatoms. The molecule has 0 spiro atoms. The fourth-order valence-corrected chi connectivity index (χ4v) is 2.93. The molecule has 0 saturated carbocycles. The third kappa shape index (κ3) is 3.50. The van der Waals surface area contributed by atoms with Crippen LogP contribution in [0.2, 0.25) is 5.02 Å². The second-order valence-corrected chi connectivity index (χ2v) is 6.67. The third-order valence-corrected chi connectivity index (χ3v) is 4.60. The highest BCUT2D eigenvalue weighted by molar-refractivity contribution is 7.89. The van der Waals surface area contributed by atoms with Gasteiger partial charge in [-0.1, -0.05) is 41.4 Å². The number of hydrogen-bond donors (Lipinski definition) is 2. The molecule has 0 bridgehead atoms. The molecule has 4 nitrogen and oxygen atoms in total. The molecule has 2 aromatic carbocycles. The summed E-state index contributed by atoms with van der Waals surface area (Å²) in [6, 6.07) is 11.9. The molecule has 0 atom stereocenters. The number of nitrogens with two attached hydrogens (primary N) is 1. The monoisotopic (exact) mass is 310 g/mol. The Balaban J connectivity index is 2.14. The number of sulfonamides is 1. The van der Waals surface area contributed by atoms with Gasteiger partial charge in [-0.2, -0.15) is 0 Å². The number of nitrogens with one attached hydrogen (secondary N) is 1. The van der Waals surface area contributed by atoms with E-state index >= 15 is 0 Å². The lowest BCUT2D eigenvalue weighted by Gasteiger charge is -2.08. The first-order valence-electron chi connectivity index (χ1n) is 5.99. The third-order valence-electron chi connectivity index (χ3n) is 2.87. The van der Waals surface area contributed by atoms with Gasteiger partial charge in [-0.15, -0.1) is 0 Å². The molecule has 0 radical (unpaired) electrons. The van der Waals surface area contributed by atoms with E-state index in [1.807, 2.05) is 31.2 Å². The normalized spacial score (nSPS) is 11.5. The Kier molecular flexibility index (Phi) is 4.32. The van der Waals surface area contributed by atoms with Crippen LogP contribution in [-0.2, 0) is 16.6 Å². The van der Waals surface area contributed by atoms with E-state index in [4.69, 9.17) is 17.3 Å². The minimum absolute atomic E-state index is 0.101. The van der Waals surface area contributed by atoms with E-state index in [9.17, 15) is 8.42 Å². The summed E-state index contributed by atoms with van der Waals surface area (Å²) in [6.07, 6.45) is 0. The van der Waals surface area contributed by atoms with Gasteiger partial charge < -0.3 is 5.73 Å². The van der Waals surface area contributed by atoms with Crippen molar-refractivity contribution in [3.05, 3.63) is 58.6 Å². The van der Waals surface area contributed by atoms with Crippen molar-refractivity contribution in [2.75, 3.05) is 5.73 Å². The minimum atomic E-state index is -3.60. The van der Waals surface area contributed by atoms with E-state index in [1.54, 1.807) is 0 Å². The SMILES string of the molecule is Cc1ccc(CNS(=O)(=O)c2ccc(N)c(Cl)c2)cc1. The number of benzene rings is 2. The van der Waals surface area contributed by atoms with Gasteiger partial charge in [0.2, 0.25) is 10.0 Å². The van der Waals surface area contributed by atoms with Crippen LogP contribution in [0.25, 0.3) is 0 Å². The van der Waals surface area contributed by atoms with Crippen LogP contribution in [0.3, 0.4) is 0 Å². The Hall–Kier alpha value is -1.56. The average molecular weight is 311 g/mol. The highest BCUT2D eigenvalue weighted by Crippen LogP contribution is 2.22. The summed E-state index contributed by atoms with van der Waals surface area (Å²) < 4.78 is 26.8. The lowest BCUT2D eigenvalue weighted by atomic mass is 10.2. The number of anilines is 1. The van der Waals surface area contributed by atoms with Crippen LogP contribution in [0, 0.1) is 6.92 Å². The van der Waals surface area contributed by atoms with Gasteiger partial charge in [0.15, 0.2) is 0 Å².